The average molecular weight is 248 g/mol. The van der Waals surface area contributed by atoms with E-state index < -0.39 is 0 Å². The number of hydrogen-bond donors (Lipinski definition) is 2. The van der Waals surface area contributed by atoms with Crippen molar-refractivity contribution in [3.63, 3.8) is 0 Å². The number of nitrogens with two attached hydrogens (primary N) is 1. The van der Waals surface area contributed by atoms with E-state index in [0.717, 1.165) is 31.4 Å². The summed E-state index contributed by atoms with van der Waals surface area (Å²) in [7, 11) is 1.77. The summed E-state index contributed by atoms with van der Waals surface area (Å²) in [4.78, 5) is 11.1. The summed E-state index contributed by atoms with van der Waals surface area (Å²) in [5, 5.41) is 3.50. The number of methoxy groups -OCH3 is 1. The Morgan fingerprint density at radius 2 is 2.33 bits per heavy atom. The lowest BCUT2D eigenvalue weighted by molar-refractivity contribution is 0.1000. The maximum absolute atomic E-state index is 11.1. The number of carbonyl (C=O) groups excluding carboxylic acids is 1. The van der Waals surface area contributed by atoms with E-state index in [0.29, 0.717) is 17.7 Å². The first kappa shape index (κ1) is 13.1. The van der Waals surface area contributed by atoms with Crippen molar-refractivity contribution >= 4 is 5.91 Å². The zero-order valence-electron chi connectivity index (χ0n) is 10.7. The van der Waals surface area contributed by atoms with Gasteiger partial charge in [-0.2, -0.15) is 0 Å². The second kappa shape index (κ2) is 5.98. The molecule has 1 aliphatic rings. The minimum Gasteiger partial charge on any atom is -0.381 e. The van der Waals surface area contributed by atoms with Crippen LogP contribution < -0.4 is 11.1 Å². The molecule has 2 rings (SSSR count). The predicted molar refractivity (Wildman–Crippen MR) is 70.2 cm³/mol. The van der Waals surface area contributed by atoms with Crippen molar-refractivity contribution in [1.82, 2.24) is 5.32 Å². The van der Waals surface area contributed by atoms with Gasteiger partial charge < -0.3 is 15.8 Å². The van der Waals surface area contributed by atoms with E-state index in [2.05, 4.69) is 5.32 Å². The van der Waals surface area contributed by atoms with Gasteiger partial charge in [-0.05, 0) is 37.0 Å². The molecule has 4 nitrogen and oxygen atoms in total. The second-order valence-corrected chi connectivity index (χ2v) is 4.81. The average Bonchev–Trinajstić information content (AvgIpc) is 2.84. The number of rotatable bonds is 5. The maximum Gasteiger partial charge on any atom is 0.248 e. The molecule has 1 aromatic rings. The van der Waals surface area contributed by atoms with Crippen LogP contribution in [0.4, 0.5) is 0 Å². The molecule has 2 atom stereocenters. The molecule has 0 heterocycles. The van der Waals surface area contributed by atoms with Crippen LogP contribution in [0, 0.1) is 0 Å². The normalized spacial score (nSPS) is 23.2. The van der Waals surface area contributed by atoms with Crippen LogP contribution in [0.15, 0.2) is 24.3 Å². The third kappa shape index (κ3) is 3.31. The van der Waals surface area contributed by atoms with E-state index in [9.17, 15) is 4.79 Å². The smallest absolute Gasteiger partial charge is 0.248 e. The Morgan fingerprint density at radius 3 is 3.00 bits per heavy atom. The van der Waals surface area contributed by atoms with Crippen LogP contribution in [0.1, 0.15) is 35.2 Å². The van der Waals surface area contributed by atoms with Crippen molar-refractivity contribution < 1.29 is 9.53 Å². The summed E-state index contributed by atoms with van der Waals surface area (Å²) in [6.45, 7) is 0.766. The highest BCUT2D eigenvalue weighted by Gasteiger charge is 2.23. The molecule has 0 saturated heterocycles. The first-order chi connectivity index (χ1) is 8.69. The summed E-state index contributed by atoms with van der Waals surface area (Å²) in [5.74, 6) is -0.378. The van der Waals surface area contributed by atoms with Crippen LogP contribution in [-0.2, 0) is 11.3 Å². The lowest BCUT2D eigenvalue weighted by Crippen LogP contribution is -2.26. The fraction of sp³-hybridized carbons (Fsp3) is 0.500. The van der Waals surface area contributed by atoms with Gasteiger partial charge in [-0.3, -0.25) is 4.79 Å². The fourth-order valence-electron chi connectivity index (χ4n) is 2.44. The maximum atomic E-state index is 11.1. The number of nitrogens with one attached hydrogen (secondary N) is 1. The number of ether oxygens (including phenoxy) is 1. The molecular weight excluding hydrogens is 228 g/mol. The molecule has 1 saturated carbocycles. The zero-order chi connectivity index (χ0) is 13.0. The molecule has 0 aliphatic heterocycles. The minimum atomic E-state index is -0.378. The van der Waals surface area contributed by atoms with Crippen LogP contribution in [0.2, 0.25) is 0 Å². The van der Waals surface area contributed by atoms with Crippen LogP contribution in [0.3, 0.4) is 0 Å². The molecule has 1 amide bonds. The van der Waals surface area contributed by atoms with Gasteiger partial charge in [0.25, 0.3) is 0 Å². The molecule has 3 N–H and O–H groups in total. The molecule has 0 spiro atoms. The lowest BCUT2D eigenvalue weighted by Gasteiger charge is -2.13. The highest BCUT2D eigenvalue weighted by atomic mass is 16.5. The molecular formula is C14H20N2O2. The Kier molecular flexibility index (Phi) is 4.33. The second-order valence-electron chi connectivity index (χ2n) is 4.81. The number of benzene rings is 1. The van der Waals surface area contributed by atoms with Gasteiger partial charge in [0.15, 0.2) is 0 Å². The quantitative estimate of drug-likeness (QED) is 0.828. The van der Waals surface area contributed by atoms with E-state index in [1.807, 2.05) is 18.2 Å². The molecule has 1 aliphatic carbocycles. The van der Waals surface area contributed by atoms with Crippen molar-refractivity contribution in [2.45, 2.75) is 38.0 Å². The van der Waals surface area contributed by atoms with Crippen molar-refractivity contribution in [1.29, 1.82) is 0 Å². The van der Waals surface area contributed by atoms with Gasteiger partial charge in [-0.15, -0.1) is 0 Å². The molecule has 0 aromatic heterocycles. The first-order valence-corrected chi connectivity index (χ1v) is 6.34. The van der Waals surface area contributed by atoms with Gasteiger partial charge in [0.1, 0.15) is 0 Å². The van der Waals surface area contributed by atoms with Gasteiger partial charge >= 0.3 is 0 Å². The van der Waals surface area contributed by atoms with Crippen LogP contribution in [0.5, 0.6) is 0 Å². The van der Waals surface area contributed by atoms with Crippen molar-refractivity contribution in [3.8, 4) is 0 Å². The Morgan fingerprint density at radius 1 is 1.50 bits per heavy atom. The summed E-state index contributed by atoms with van der Waals surface area (Å²) >= 11 is 0. The standard InChI is InChI=1S/C14H20N2O2/c1-18-13-6-5-12(8-13)16-9-10-3-2-4-11(7-10)14(15)17/h2-4,7,12-13,16H,5-6,8-9H2,1H3,(H2,15,17). The van der Waals surface area contributed by atoms with Gasteiger partial charge in [0.2, 0.25) is 5.91 Å². The van der Waals surface area contributed by atoms with E-state index in [1.165, 1.54) is 0 Å². The fourth-order valence-corrected chi connectivity index (χ4v) is 2.44. The number of amides is 1. The predicted octanol–water partition coefficient (Wildman–Crippen LogP) is 1.44. The highest BCUT2D eigenvalue weighted by molar-refractivity contribution is 5.92. The molecule has 0 bridgehead atoms. The first-order valence-electron chi connectivity index (χ1n) is 6.34. The van der Waals surface area contributed by atoms with Crippen LogP contribution >= 0.6 is 0 Å². The Balaban J connectivity index is 1.87. The van der Waals surface area contributed by atoms with Gasteiger partial charge in [0.05, 0.1) is 6.10 Å². The number of hydrogen-bond acceptors (Lipinski definition) is 3. The van der Waals surface area contributed by atoms with Gasteiger partial charge in [0, 0.05) is 25.3 Å². The van der Waals surface area contributed by atoms with E-state index in [4.69, 9.17) is 10.5 Å². The van der Waals surface area contributed by atoms with Crippen LogP contribution in [-0.4, -0.2) is 25.2 Å². The molecule has 18 heavy (non-hydrogen) atoms. The SMILES string of the molecule is COC1CCC(NCc2cccc(C(N)=O)c2)C1. The van der Waals surface area contributed by atoms with Crippen molar-refractivity contribution in [2.75, 3.05) is 7.11 Å². The molecule has 0 radical (unpaired) electrons. The molecule has 2 unspecified atom stereocenters. The summed E-state index contributed by atoms with van der Waals surface area (Å²) in [6.07, 6.45) is 3.72. The van der Waals surface area contributed by atoms with Gasteiger partial charge in [-0.1, -0.05) is 12.1 Å². The minimum absolute atomic E-state index is 0.378. The summed E-state index contributed by atoms with van der Waals surface area (Å²) in [5.41, 5.74) is 6.92. The molecule has 98 valence electrons. The number of primary amides is 1. The van der Waals surface area contributed by atoms with Crippen LogP contribution in [0.25, 0.3) is 0 Å². The Hall–Kier alpha value is -1.39. The molecule has 1 fully saturated rings. The highest BCUT2D eigenvalue weighted by Crippen LogP contribution is 2.21. The topological polar surface area (TPSA) is 64.3 Å². The van der Waals surface area contributed by atoms with Gasteiger partial charge in [-0.25, -0.2) is 0 Å². The van der Waals surface area contributed by atoms with Crippen molar-refractivity contribution in [3.05, 3.63) is 35.4 Å². The molecule has 4 heteroatoms. The number of carbonyl (C=O) groups is 1. The Bertz CT molecular complexity index is 420. The third-order valence-corrected chi connectivity index (χ3v) is 3.52. The van der Waals surface area contributed by atoms with E-state index in [1.54, 1.807) is 13.2 Å². The third-order valence-electron chi connectivity index (χ3n) is 3.52. The van der Waals surface area contributed by atoms with E-state index in [-0.39, 0.29) is 5.91 Å². The monoisotopic (exact) mass is 248 g/mol. The summed E-state index contributed by atoms with van der Waals surface area (Å²) in [6, 6.07) is 7.96. The summed E-state index contributed by atoms with van der Waals surface area (Å²) < 4.78 is 5.34. The zero-order valence-corrected chi connectivity index (χ0v) is 10.7. The largest absolute Gasteiger partial charge is 0.381 e. The Labute approximate surface area is 108 Å². The lowest BCUT2D eigenvalue weighted by atomic mass is 10.1. The molecule has 1 aromatic carbocycles. The van der Waals surface area contributed by atoms with Crippen molar-refractivity contribution in [2.24, 2.45) is 5.73 Å². The van der Waals surface area contributed by atoms with E-state index >= 15 is 0 Å².